The minimum Gasteiger partial charge on any atom is -0.399 e. The first kappa shape index (κ1) is 10.7. The van der Waals surface area contributed by atoms with Crippen molar-refractivity contribution in [3.05, 3.63) is 47.3 Å². The topological polar surface area (TPSA) is 38.9 Å². The van der Waals surface area contributed by atoms with E-state index >= 15 is 0 Å². The number of rotatable bonds is 1. The molecule has 82 valence electrons. The molecule has 0 unspecified atom stereocenters. The maximum Gasteiger partial charge on any atom is 0.0454 e. The fraction of sp³-hybridized carbons (Fsp3) is 0.214. The summed E-state index contributed by atoms with van der Waals surface area (Å²) in [5, 5.41) is 0. The third-order valence-corrected chi connectivity index (χ3v) is 2.77. The molecule has 0 radical (unpaired) electrons. The molecule has 2 heteroatoms. The highest BCUT2D eigenvalue weighted by Crippen LogP contribution is 2.27. The quantitative estimate of drug-likeness (QED) is 0.737. The predicted molar refractivity (Wildman–Crippen MR) is 68.3 cm³/mol. The Morgan fingerprint density at radius 1 is 0.938 bits per heavy atom. The van der Waals surface area contributed by atoms with Crippen LogP contribution < -0.4 is 5.73 Å². The van der Waals surface area contributed by atoms with Crippen molar-refractivity contribution in [1.82, 2.24) is 4.98 Å². The van der Waals surface area contributed by atoms with Crippen molar-refractivity contribution in [2.45, 2.75) is 20.8 Å². The third kappa shape index (κ3) is 1.91. The number of aryl methyl sites for hydroxylation is 3. The average Bonchev–Trinajstić information content (AvgIpc) is 2.19. The summed E-state index contributed by atoms with van der Waals surface area (Å²) in [4.78, 5) is 4.48. The van der Waals surface area contributed by atoms with Gasteiger partial charge in [0.15, 0.2) is 0 Å². The van der Waals surface area contributed by atoms with E-state index in [-0.39, 0.29) is 0 Å². The highest BCUT2D eigenvalue weighted by atomic mass is 14.7. The Bertz CT molecular complexity index is 481. The standard InChI is InChI=1S/C14H16N2/c1-9-8-12(15)5-7-13(9)14-6-4-10(2)16-11(14)3/h4-8H,15H2,1-3H3. The first-order valence-electron chi connectivity index (χ1n) is 5.38. The Balaban J connectivity index is 2.59. The predicted octanol–water partition coefficient (Wildman–Crippen LogP) is 3.26. The minimum absolute atomic E-state index is 0.805. The molecule has 1 aromatic carbocycles. The summed E-state index contributed by atoms with van der Waals surface area (Å²) in [6.45, 7) is 6.12. The Morgan fingerprint density at radius 2 is 1.62 bits per heavy atom. The SMILES string of the molecule is Cc1ccc(-c2ccc(N)cc2C)c(C)n1. The molecule has 0 fully saturated rings. The smallest absolute Gasteiger partial charge is 0.0454 e. The van der Waals surface area contributed by atoms with Gasteiger partial charge in [-0.3, -0.25) is 4.98 Å². The molecular formula is C14H16N2. The van der Waals surface area contributed by atoms with Crippen LogP contribution in [0.25, 0.3) is 11.1 Å². The zero-order valence-electron chi connectivity index (χ0n) is 9.91. The number of pyridine rings is 1. The Hall–Kier alpha value is -1.83. The summed E-state index contributed by atoms with van der Waals surface area (Å²) < 4.78 is 0. The molecule has 2 N–H and O–H groups in total. The third-order valence-electron chi connectivity index (χ3n) is 2.77. The van der Waals surface area contributed by atoms with Crippen LogP contribution in [0.15, 0.2) is 30.3 Å². The van der Waals surface area contributed by atoms with Gasteiger partial charge in [0.25, 0.3) is 0 Å². The monoisotopic (exact) mass is 212 g/mol. The van der Waals surface area contributed by atoms with Crippen LogP contribution in [0.5, 0.6) is 0 Å². The lowest BCUT2D eigenvalue weighted by Gasteiger charge is -2.10. The molecule has 0 saturated heterocycles. The molecule has 1 heterocycles. The van der Waals surface area contributed by atoms with Crippen LogP contribution in [-0.2, 0) is 0 Å². The maximum atomic E-state index is 5.75. The number of nitrogens with zero attached hydrogens (tertiary/aromatic N) is 1. The molecule has 0 aliphatic carbocycles. The van der Waals surface area contributed by atoms with Crippen LogP contribution in [0.2, 0.25) is 0 Å². The summed E-state index contributed by atoms with van der Waals surface area (Å²) in [6.07, 6.45) is 0. The van der Waals surface area contributed by atoms with E-state index < -0.39 is 0 Å². The van der Waals surface area contributed by atoms with E-state index in [4.69, 9.17) is 5.73 Å². The van der Waals surface area contributed by atoms with Gasteiger partial charge in [0, 0.05) is 22.6 Å². The Kier molecular flexibility index (Phi) is 2.65. The van der Waals surface area contributed by atoms with Gasteiger partial charge in [0.1, 0.15) is 0 Å². The largest absolute Gasteiger partial charge is 0.399 e. The molecule has 2 rings (SSSR count). The van der Waals surface area contributed by atoms with Crippen molar-refractivity contribution in [2.24, 2.45) is 0 Å². The molecular weight excluding hydrogens is 196 g/mol. The van der Waals surface area contributed by atoms with E-state index in [1.165, 1.54) is 16.7 Å². The van der Waals surface area contributed by atoms with E-state index in [2.05, 4.69) is 24.0 Å². The van der Waals surface area contributed by atoms with Crippen molar-refractivity contribution in [2.75, 3.05) is 5.73 Å². The average molecular weight is 212 g/mol. The highest BCUT2D eigenvalue weighted by molar-refractivity contribution is 5.71. The number of nitrogen functional groups attached to an aromatic ring is 1. The van der Waals surface area contributed by atoms with Gasteiger partial charge in [-0.1, -0.05) is 12.1 Å². The number of nitrogens with two attached hydrogens (primary N) is 1. The van der Waals surface area contributed by atoms with Gasteiger partial charge in [-0.2, -0.15) is 0 Å². The lowest BCUT2D eigenvalue weighted by Crippen LogP contribution is -1.93. The Morgan fingerprint density at radius 3 is 2.25 bits per heavy atom. The van der Waals surface area contributed by atoms with E-state index in [9.17, 15) is 0 Å². The molecule has 0 aliphatic heterocycles. The lowest BCUT2D eigenvalue weighted by molar-refractivity contribution is 1.12. The van der Waals surface area contributed by atoms with Crippen molar-refractivity contribution in [1.29, 1.82) is 0 Å². The summed E-state index contributed by atoms with van der Waals surface area (Å²) in [7, 11) is 0. The Labute approximate surface area is 96.1 Å². The van der Waals surface area contributed by atoms with Crippen molar-refractivity contribution >= 4 is 5.69 Å². The summed E-state index contributed by atoms with van der Waals surface area (Å²) in [5.41, 5.74) is 12.2. The number of aromatic nitrogens is 1. The van der Waals surface area contributed by atoms with Crippen LogP contribution >= 0.6 is 0 Å². The van der Waals surface area contributed by atoms with Gasteiger partial charge in [-0.15, -0.1) is 0 Å². The van der Waals surface area contributed by atoms with Crippen molar-refractivity contribution in [3.8, 4) is 11.1 Å². The molecule has 0 spiro atoms. The second kappa shape index (κ2) is 3.97. The van der Waals surface area contributed by atoms with E-state index in [1.54, 1.807) is 0 Å². The van der Waals surface area contributed by atoms with Crippen LogP contribution in [0.4, 0.5) is 5.69 Å². The van der Waals surface area contributed by atoms with Crippen LogP contribution in [0.3, 0.4) is 0 Å². The van der Waals surface area contributed by atoms with Gasteiger partial charge >= 0.3 is 0 Å². The zero-order valence-corrected chi connectivity index (χ0v) is 9.91. The molecule has 1 aromatic heterocycles. The van der Waals surface area contributed by atoms with Crippen molar-refractivity contribution in [3.63, 3.8) is 0 Å². The van der Waals surface area contributed by atoms with E-state index in [1.807, 2.05) is 32.0 Å². The summed E-state index contributed by atoms with van der Waals surface area (Å²) in [5.74, 6) is 0. The van der Waals surface area contributed by atoms with Crippen LogP contribution in [0, 0.1) is 20.8 Å². The minimum atomic E-state index is 0.805. The normalized spacial score (nSPS) is 10.4. The summed E-state index contributed by atoms with van der Waals surface area (Å²) in [6, 6.07) is 10.1. The molecule has 2 nitrogen and oxygen atoms in total. The number of anilines is 1. The number of benzene rings is 1. The van der Waals surface area contributed by atoms with Gasteiger partial charge in [-0.25, -0.2) is 0 Å². The molecule has 2 aromatic rings. The summed E-state index contributed by atoms with van der Waals surface area (Å²) >= 11 is 0. The zero-order chi connectivity index (χ0) is 11.7. The first-order chi connectivity index (χ1) is 7.58. The number of hydrogen-bond donors (Lipinski definition) is 1. The fourth-order valence-electron chi connectivity index (χ4n) is 1.96. The number of hydrogen-bond acceptors (Lipinski definition) is 2. The molecule has 0 atom stereocenters. The van der Waals surface area contributed by atoms with Crippen LogP contribution in [0.1, 0.15) is 17.0 Å². The lowest BCUT2D eigenvalue weighted by atomic mass is 9.99. The molecule has 0 bridgehead atoms. The van der Waals surface area contributed by atoms with Crippen molar-refractivity contribution < 1.29 is 0 Å². The first-order valence-corrected chi connectivity index (χ1v) is 5.38. The second-order valence-electron chi connectivity index (χ2n) is 4.16. The van der Waals surface area contributed by atoms with Gasteiger partial charge in [0.05, 0.1) is 0 Å². The maximum absolute atomic E-state index is 5.75. The van der Waals surface area contributed by atoms with E-state index in [0.717, 1.165) is 17.1 Å². The van der Waals surface area contributed by atoms with Gasteiger partial charge < -0.3 is 5.73 Å². The molecule has 0 aliphatic rings. The van der Waals surface area contributed by atoms with E-state index in [0.29, 0.717) is 0 Å². The molecule has 0 saturated carbocycles. The van der Waals surface area contributed by atoms with Gasteiger partial charge in [-0.05, 0) is 50.1 Å². The van der Waals surface area contributed by atoms with Crippen LogP contribution in [-0.4, -0.2) is 4.98 Å². The highest BCUT2D eigenvalue weighted by Gasteiger charge is 2.06. The molecule has 16 heavy (non-hydrogen) atoms. The van der Waals surface area contributed by atoms with Gasteiger partial charge in [0.2, 0.25) is 0 Å². The molecule has 0 amide bonds. The second-order valence-corrected chi connectivity index (χ2v) is 4.16. The fourth-order valence-corrected chi connectivity index (χ4v) is 1.96.